The first-order valence-corrected chi connectivity index (χ1v) is 7.77. The molecule has 3 nitrogen and oxygen atoms in total. The zero-order valence-corrected chi connectivity index (χ0v) is 12.5. The van der Waals surface area contributed by atoms with Crippen LogP contribution in [-0.2, 0) is 11.8 Å². The number of amides is 1. The number of carbonyl (C=O) groups is 1. The summed E-state index contributed by atoms with van der Waals surface area (Å²) in [6.45, 7) is 0. The summed E-state index contributed by atoms with van der Waals surface area (Å²) in [4.78, 5) is 15.1. The van der Waals surface area contributed by atoms with Crippen molar-refractivity contribution in [1.82, 2.24) is 9.47 Å². The van der Waals surface area contributed by atoms with E-state index in [-0.39, 0.29) is 5.91 Å². The minimum Gasteiger partial charge on any atom is -0.351 e. The lowest BCUT2D eigenvalue weighted by Crippen LogP contribution is -2.36. The summed E-state index contributed by atoms with van der Waals surface area (Å²) in [5.41, 5.74) is 1.03. The highest BCUT2D eigenvalue weighted by Crippen LogP contribution is 2.37. The van der Waals surface area contributed by atoms with Crippen molar-refractivity contribution >= 4 is 40.3 Å². The average molecular weight is 292 g/mol. The van der Waals surface area contributed by atoms with E-state index < -0.39 is 0 Å². The number of hydrogen-bond acceptors (Lipinski definition) is 3. The lowest BCUT2D eigenvalue weighted by atomic mass is 10.2. The van der Waals surface area contributed by atoms with Crippen molar-refractivity contribution in [3.05, 3.63) is 28.9 Å². The van der Waals surface area contributed by atoms with E-state index in [0.717, 1.165) is 27.8 Å². The quantitative estimate of drug-likeness (QED) is 0.618. The molecule has 0 spiro atoms. The van der Waals surface area contributed by atoms with Crippen molar-refractivity contribution < 1.29 is 4.79 Å². The van der Waals surface area contributed by atoms with Crippen LogP contribution in [0.4, 0.5) is 0 Å². The van der Waals surface area contributed by atoms with Gasteiger partial charge >= 0.3 is 0 Å². The molecule has 1 aliphatic heterocycles. The van der Waals surface area contributed by atoms with Gasteiger partial charge in [0.05, 0.1) is 4.91 Å². The number of hydrogen-bond donors (Lipinski definition) is 0. The van der Waals surface area contributed by atoms with Crippen LogP contribution >= 0.6 is 24.0 Å². The minimum absolute atomic E-state index is 0.0862. The number of thioether (sulfide) groups is 1. The number of rotatable bonds is 2. The summed E-state index contributed by atoms with van der Waals surface area (Å²) in [5, 5.41) is 0. The number of carbonyl (C=O) groups excluding carboxylic acids is 1. The Labute approximate surface area is 122 Å². The smallest absolute Gasteiger partial charge is 0.266 e. The van der Waals surface area contributed by atoms with E-state index in [9.17, 15) is 4.79 Å². The van der Waals surface area contributed by atoms with Crippen molar-refractivity contribution in [1.29, 1.82) is 0 Å². The summed E-state index contributed by atoms with van der Waals surface area (Å²) in [6, 6.07) is 4.30. The van der Waals surface area contributed by atoms with Gasteiger partial charge in [0.25, 0.3) is 5.91 Å². The number of nitrogens with zero attached hydrogens (tertiary/aromatic N) is 2. The third kappa shape index (κ3) is 2.37. The largest absolute Gasteiger partial charge is 0.351 e. The Morgan fingerprint density at radius 2 is 2.16 bits per heavy atom. The third-order valence-corrected chi connectivity index (χ3v) is 5.11. The maximum Gasteiger partial charge on any atom is 0.266 e. The van der Waals surface area contributed by atoms with Gasteiger partial charge < -0.3 is 4.57 Å². The molecular formula is C14H16N2OS2. The van der Waals surface area contributed by atoms with Crippen LogP contribution in [0.1, 0.15) is 31.4 Å². The molecule has 1 aliphatic carbocycles. The highest BCUT2D eigenvalue weighted by atomic mass is 32.2. The van der Waals surface area contributed by atoms with Gasteiger partial charge in [0.2, 0.25) is 0 Å². The highest BCUT2D eigenvalue weighted by Gasteiger charge is 2.38. The second-order valence-electron chi connectivity index (χ2n) is 5.03. The van der Waals surface area contributed by atoms with Crippen LogP contribution in [0.15, 0.2) is 23.2 Å². The Kier molecular flexibility index (Phi) is 3.50. The highest BCUT2D eigenvalue weighted by molar-refractivity contribution is 8.26. The molecule has 0 aromatic carbocycles. The SMILES string of the molecule is Cn1cccc1C=C1SC(=S)N(C2CCCC2)C1=O. The van der Waals surface area contributed by atoms with Crippen LogP contribution in [0.3, 0.4) is 0 Å². The van der Waals surface area contributed by atoms with Crippen LogP contribution in [-0.4, -0.2) is 25.7 Å². The molecule has 3 rings (SSSR count). The summed E-state index contributed by atoms with van der Waals surface area (Å²) in [5.74, 6) is 0.0862. The maximum absolute atomic E-state index is 12.5. The molecule has 0 bridgehead atoms. The molecule has 2 heterocycles. The number of thiocarbonyl (C=S) groups is 1. The second kappa shape index (κ2) is 5.13. The van der Waals surface area contributed by atoms with Crippen LogP contribution in [0, 0.1) is 0 Å². The Morgan fingerprint density at radius 1 is 1.42 bits per heavy atom. The van der Waals surface area contributed by atoms with Gasteiger partial charge in [-0.1, -0.05) is 36.8 Å². The predicted molar refractivity (Wildman–Crippen MR) is 82.7 cm³/mol. The Bertz CT molecular complexity index is 556. The van der Waals surface area contributed by atoms with Gasteiger partial charge in [-0.25, -0.2) is 0 Å². The summed E-state index contributed by atoms with van der Waals surface area (Å²) >= 11 is 6.81. The van der Waals surface area contributed by atoms with Crippen molar-refractivity contribution in [2.75, 3.05) is 0 Å². The fourth-order valence-corrected chi connectivity index (χ4v) is 4.10. The van der Waals surface area contributed by atoms with Gasteiger partial charge in [-0.3, -0.25) is 9.69 Å². The zero-order valence-electron chi connectivity index (χ0n) is 10.8. The second-order valence-corrected chi connectivity index (χ2v) is 6.71. The molecule has 0 radical (unpaired) electrons. The standard InChI is InChI=1S/C14H16N2OS2/c1-15-8-4-7-11(15)9-12-13(17)16(14(18)19-12)10-5-2-3-6-10/h4,7-10H,2-3,5-6H2,1H3. The van der Waals surface area contributed by atoms with Crippen molar-refractivity contribution in [2.24, 2.45) is 7.05 Å². The van der Waals surface area contributed by atoms with E-state index in [1.165, 1.54) is 24.6 Å². The Balaban J connectivity index is 1.86. The molecular weight excluding hydrogens is 276 g/mol. The van der Waals surface area contributed by atoms with Gasteiger partial charge in [0.15, 0.2) is 0 Å². The van der Waals surface area contributed by atoms with Gasteiger partial charge in [-0.05, 0) is 31.1 Å². The molecule has 1 aromatic rings. The monoisotopic (exact) mass is 292 g/mol. The normalized spacial score (nSPS) is 23.0. The maximum atomic E-state index is 12.5. The molecule has 19 heavy (non-hydrogen) atoms. The molecule has 5 heteroatoms. The molecule has 100 valence electrons. The first-order valence-electron chi connectivity index (χ1n) is 6.55. The summed E-state index contributed by atoms with van der Waals surface area (Å²) in [6.07, 6.45) is 8.50. The van der Waals surface area contributed by atoms with Crippen LogP contribution in [0.5, 0.6) is 0 Å². The summed E-state index contributed by atoms with van der Waals surface area (Å²) in [7, 11) is 1.98. The molecule has 0 unspecified atom stereocenters. The molecule has 1 saturated carbocycles. The van der Waals surface area contributed by atoms with Crippen molar-refractivity contribution in [3.8, 4) is 0 Å². The molecule has 0 atom stereocenters. The van der Waals surface area contributed by atoms with Gasteiger partial charge in [0.1, 0.15) is 4.32 Å². The van der Waals surface area contributed by atoms with Gasteiger partial charge in [-0.15, -0.1) is 0 Å². The lowest BCUT2D eigenvalue weighted by Gasteiger charge is -2.21. The number of aromatic nitrogens is 1. The van der Waals surface area contributed by atoms with Crippen molar-refractivity contribution in [2.45, 2.75) is 31.7 Å². The fraction of sp³-hybridized carbons (Fsp3) is 0.429. The predicted octanol–water partition coefficient (Wildman–Crippen LogP) is 3.17. The molecule has 1 amide bonds. The first kappa shape index (κ1) is 12.9. The van der Waals surface area contributed by atoms with E-state index in [1.807, 2.05) is 40.9 Å². The molecule has 0 N–H and O–H groups in total. The van der Waals surface area contributed by atoms with E-state index >= 15 is 0 Å². The topological polar surface area (TPSA) is 25.2 Å². The Morgan fingerprint density at radius 3 is 2.79 bits per heavy atom. The van der Waals surface area contributed by atoms with Crippen LogP contribution in [0.2, 0.25) is 0 Å². The van der Waals surface area contributed by atoms with Gasteiger partial charge in [0, 0.05) is 25.0 Å². The van der Waals surface area contributed by atoms with Crippen LogP contribution < -0.4 is 0 Å². The van der Waals surface area contributed by atoms with Gasteiger partial charge in [-0.2, -0.15) is 0 Å². The fourth-order valence-electron chi connectivity index (χ4n) is 2.72. The van der Waals surface area contributed by atoms with Crippen LogP contribution in [0.25, 0.3) is 6.08 Å². The van der Waals surface area contributed by atoms with E-state index in [0.29, 0.717) is 6.04 Å². The lowest BCUT2D eigenvalue weighted by molar-refractivity contribution is -0.123. The molecule has 1 saturated heterocycles. The van der Waals surface area contributed by atoms with E-state index in [1.54, 1.807) is 0 Å². The Hall–Kier alpha value is -1.07. The minimum atomic E-state index is 0.0862. The average Bonchev–Trinajstić information content (AvgIpc) is 3.05. The third-order valence-electron chi connectivity index (χ3n) is 3.78. The van der Waals surface area contributed by atoms with Crippen molar-refractivity contribution in [3.63, 3.8) is 0 Å². The van der Waals surface area contributed by atoms with E-state index in [4.69, 9.17) is 12.2 Å². The molecule has 2 aliphatic rings. The number of aryl methyl sites for hydroxylation is 1. The molecule has 2 fully saturated rings. The molecule has 1 aromatic heterocycles. The zero-order chi connectivity index (χ0) is 13.4. The summed E-state index contributed by atoms with van der Waals surface area (Å²) < 4.78 is 2.72. The van der Waals surface area contributed by atoms with E-state index in [2.05, 4.69) is 0 Å². The first-order chi connectivity index (χ1) is 9.16.